The molecule has 0 radical (unpaired) electrons. The average molecular weight is 377 g/mol. The quantitative estimate of drug-likeness (QED) is 0.740. The molecule has 1 fully saturated rings. The average Bonchev–Trinajstić information content (AvgIpc) is 3.38. The molecule has 0 aliphatic heterocycles. The third-order valence-corrected chi connectivity index (χ3v) is 5.49. The summed E-state index contributed by atoms with van der Waals surface area (Å²) in [5.41, 5.74) is 2.15. The van der Waals surface area contributed by atoms with Crippen molar-refractivity contribution in [3.63, 3.8) is 0 Å². The van der Waals surface area contributed by atoms with Crippen LogP contribution in [0.2, 0.25) is 10.0 Å². The molecule has 130 valence electrons. The molecule has 6 heteroatoms. The van der Waals surface area contributed by atoms with E-state index in [1.165, 1.54) is 0 Å². The SMILES string of the molecule is Cc1cccc(NC(=O)C2(C(=O)Nc3cccc(Cl)c3Cl)CC2)c1C. The Labute approximate surface area is 156 Å². The maximum Gasteiger partial charge on any atom is 0.240 e. The molecule has 2 aromatic carbocycles. The molecule has 0 atom stereocenters. The molecular weight excluding hydrogens is 359 g/mol. The number of benzene rings is 2. The molecule has 2 amide bonds. The molecule has 1 aliphatic carbocycles. The zero-order valence-corrected chi connectivity index (χ0v) is 15.5. The van der Waals surface area contributed by atoms with Gasteiger partial charge in [-0.15, -0.1) is 0 Å². The van der Waals surface area contributed by atoms with Gasteiger partial charge in [0.15, 0.2) is 0 Å². The van der Waals surface area contributed by atoms with Crippen molar-refractivity contribution in [2.24, 2.45) is 5.41 Å². The van der Waals surface area contributed by atoms with Crippen LogP contribution in [0.1, 0.15) is 24.0 Å². The molecule has 0 aromatic heterocycles. The van der Waals surface area contributed by atoms with Crippen LogP contribution in [0.5, 0.6) is 0 Å². The number of carbonyl (C=O) groups is 2. The minimum Gasteiger partial charge on any atom is -0.325 e. The smallest absolute Gasteiger partial charge is 0.240 e. The molecule has 0 bridgehead atoms. The lowest BCUT2D eigenvalue weighted by Gasteiger charge is -2.17. The van der Waals surface area contributed by atoms with Crippen molar-refractivity contribution in [1.82, 2.24) is 0 Å². The highest BCUT2D eigenvalue weighted by Gasteiger charge is 2.56. The van der Waals surface area contributed by atoms with E-state index in [2.05, 4.69) is 10.6 Å². The Kier molecular flexibility index (Phi) is 4.76. The van der Waals surface area contributed by atoms with E-state index in [1.807, 2.05) is 32.0 Å². The summed E-state index contributed by atoms with van der Waals surface area (Å²) >= 11 is 12.1. The van der Waals surface area contributed by atoms with Gasteiger partial charge in [-0.25, -0.2) is 0 Å². The first-order valence-corrected chi connectivity index (χ1v) is 8.74. The summed E-state index contributed by atoms with van der Waals surface area (Å²) in [4.78, 5) is 25.4. The second kappa shape index (κ2) is 6.70. The van der Waals surface area contributed by atoms with Crippen molar-refractivity contribution in [3.8, 4) is 0 Å². The van der Waals surface area contributed by atoms with Crippen molar-refractivity contribution < 1.29 is 9.59 Å². The monoisotopic (exact) mass is 376 g/mol. The fourth-order valence-electron chi connectivity index (χ4n) is 2.65. The van der Waals surface area contributed by atoms with Gasteiger partial charge in [0.05, 0.1) is 15.7 Å². The van der Waals surface area contributed by atoms with Gasteiger partial charge >= 0.3 is 0 Å². The summed E-state index contributed by atoms with van der Waals surface area (Å²) in [6.45, 7) is 3.92. The Bertz CT molecular complexity index is 793. The van der Waals surface area contributed by atoms with Crippen LogP contribution < -0.4 is 10.6 Å². The van der Waals surface area contributed by atoms with Crippen molar-refractivity contribution in [2.75, 3.05) is 10.6 Å². The molecule has 1 aliphatic rings. The van der Waals surface area contributed by atoms with Gasteiger partial charge in [-0.05, 0) is 56.0 Å². The third-order valence-electron chi connectivity index (χ3n) is 4.67. The summed E-state index contributed by atoms with van der Waals surface area (Å²) in [5.74, 6) is -0.656. The van der Waals surface area contributed by atoms with Crippen LogP contribution in [-0.2, 0) is 9.59 Å². The predicted molar refractivity (Wildman–Crippen MR) is 101 cm³/mol. The van der Waals surface area contributed by atoms with Crippen LogP contribution in [-0.4, -0.2) is 11.8 Å². The first-order valence-electron chi connectivity index (χ1n) is 7.98. The molecule has 1 saturated carbocycles. The number of nitrogens with one attached hydrogen (secondary N) is 2. The van der Waals surface area contributed by atoms with Crippen molar-refractivity contribution in [2.45, 2.75) is 26.7 Å². The number of carbonyl (C=O) groups excluding carboxylic acids is 2. The van der Waals surface area contributed by atoms with Crippen LogP contribution in [0.25, 0.3) is 0 Å². The zero-order valence-electron chi connectivity index (χ0n) is 14.0. The number of halogens is 2. The topological polar surface area (TPSA) is 58.2 Å². The van der Waals surface area contributed by atoms with Crippen molar-refractivity contribution in [3.05, 3.63) is 57.6 Å². The minimum atomic E-state index is -1.05. The van der Waals surface area contributed by atoms with E-state index < -0.39 is 5.41 Å². The van der Waals surface area contributed by atoms with E-state index in [4.69, 9.17) is 23.2 Å². The van der Waals surface area contributed by atoms with Gasteiger partial charge in [-0.1, -0.05) is 41.4 Å². The first-order chi connectivity index (χ1) is 11.8. The molecule has 25 heavy (non-hydrogen) atoms. The van der Waals surface area contributed by atoms with E-state index >= 15 is 0 Å². The summed E-state index contributed by atoms with van der Waals surface area (Å²) in [5, 5.41) is 6.24. The lowest BCUT2D eigenvalue weighted by atomic mass is 10.0. The van der Waals surface area contributed by atoms with Gasteiger partial charge in [-0.3, -0.25) is 9.59 Å². The molecule has 0 saturated heterocycles. The van der Waals surface area contributed by atoms with Crippen LogP contribution in [0, 0.1) is 19.3 Å². The van der Waals surface area contributed by atoms with E-state index in [0.717, 1.165) is 16.8 Å². The molecule has 0 unspecified atom stereocenters. The number of amides is 2. The Hall–Kier alpha value is -2.04. The first kappa shape index (κ1) is 17.8. The van der Waals surface area contributed by atoms with Gasteiger partial charge in [0, 0.05) is 5.69 Å². The summed E-state index contributed by atoms with van der Waals surface area (Å²) in [6.07, 6.45) is 1.02. The Balaban J connectivity index is 1.77. The van der Waals surface area contributed by atoms with Gasteiger partial charge < -0.3 is 10.6 Å². The zero-order chi connectivity index (χ0) is 18.2. The predicted octanol–water partition coefficient (Wildman–Crippen LogP) is 4.97. The van der Waals surface area contributed by atoms with Gasteiger partial charge in [0.2, 0.25) is 11.8 Å². The van der Waals surface area contributed by atoms with Gasteiger partial charge in [0.1, 0.15) is 5.41 Å². The summed E-state index contributed by atoms with van der Waals surface area (Å²) < 4.78 is 0. The number of anilines is 2. The second-order valence-corrected chi connectivity index (χ2v) is 7.12. The number of rotatable bonds is 4. The van der Waals surface area contributed by atoms with E-state index in [-0.39, 0.29) is 16.8 Å². The van der Waals surface area contributed by atoms with Gasteiger partial charge in [0.25, 0.3) is 0 Å². The number of hydrogen-bond acceptors (Lipinski definition) is 2. The fourth-order valence-corrected chi connectivity index (χ4v) is 3.00. The van der Waals surface area contributed by atoms with E-state index in [9.17, 15) is 9.59 Å². The van der Waals surface area contributed by atoms with Crippen LogP contribution in [0.15, 0.2) is 36.4 Å². The minimum absolute atomic E-state index is 0.267. The maximum atomic E-state index is 12.7. The van der Waals surface area contributed by atoms with E-state index in [0.29, 0.717) is 23.6 Å². The molecule has 3 rings (SSSR count). The Morgan fingerprint density at radius 1 is 0.920 bits per heavy atom. The maximum absolute atomic E-state index is 12.7. The third kappa shape index (κ3) is 3.37. The number of hydrogen-bond donors (Lipinski definition) is 2. The van der Waals surface area contributed by atoms with Crippen LogP contribution >= 0.6 is 23.2 Å². The van der Waals surface area contributed by atoms with Gasteiger partial charge in [-0.2, -0.15) is 0 Å². The molecule has 4 nitrogen and oxygen atoms in total. The number of aryl methyl sites for hydroxylation is 1. The van der Waals surface area contributed by atoms with Crippen molar-refractivity contribution in [1.29, 1.82) is 0 Å². The normalized spacial score (nSPS) is 14.7. The van der Waals surface area contributed by atoms with E-state index in [1.54, 1.807) is 18.2 Å². The molecule has 2 N–H and O–H groups in total. The molecule has 0 heterocycles. The second-order valence-electron chi connectivity index (χ2n) is 6.34. The Morgan fingerprint density at radius 3 is 2.12 bits per heavy atom. The van der Waals surface area contributed by atoms with Crippen LogP contribution in [0.4, 0.5) is 11.4 Å². The highest BCUT2D eigenvalue weighted by atomic mass is 35.5. The standard InChI is InChI=1S/C19H18Cl2N2O2/c1-11-5-3-7-14(12(11)2)22-17(24)19(9-10-19)18(25)23-15-8-4-6-13(20)16(15)21/h3-8H,9-10H2,1-2H3,(H,22,24)(H,23,25). The molecular formula is C19H18Cl2N2O2. The molecule has 2 aromatic rings. The van der Waals surface area contributed by atoms with Crippen molar-refractivity contribution >= 4 is 46.4 Å². The largest absolute Gasteiger partial charge is 0.325 e. The fraction of sp³-hybridized carbons (Fsp3) is 0.263. The molecule has 0 spiro atoms. The summed E-state index contributed by atoms with van der Waals surface area (Å²) in [7, 11) is 0. The highest BCUT2D eigenvalue weighted by Crippen LogP contribution is 2.48. The highest BCUT2D eigenvalue weighted by molar-refractivity contribution is 6.44. The Morgan fingerprint density at radius 2 is 1.48 bits per heavy atom. The lowest BCUT2D eigenvalue weighted by molar-refractivity contribution is -0.131. The van der Waals surface area contributed by atoms with Crippen LogP contribution in [0.3, 0.4) is 0 Å². The lowest BCUT2D eigenvalue weighted by Crippen LogP contribution is -2.35. The summed E-state index contributed by atoms with van der Waals surface area (Å²) in [6, 6.07) is 10.7.